The van der Waals surface area contributed by atoms with E-state index in [-0.39, 0.29) is 31.7 Å². The van der Waals surface area contributed by atoms with E-state index in [2.05, 4.69) is 5.32 Å². The van der Waals surface area contributed by atoms with Gasteiger partial charge < -0.3 is 25.0 Å². The Kier molecular flexibility index (Phi) is 10.2. The third kappa shape index (κ3) is 7.76. The van der Waals surface area contributed by atoms with Crippen molar-refractivity contribution < 1.29 is 33.2 Å². The maximum Gasteiger partial charge on any atom is 0.475 e. The molecule has 2 amide bonds. The van der Waals surface area contributed by atoms with E-state index in [9.17, 15) is 33.7 Å². The van der Waals surface area contributed by atoms with Crippen LogP contribution in [0.3, 0.4) is 0 Å². The molecule has 0 bridgehead atoms. The number of carbonyl (C=O) groups is 2. The van der Waals surface area contributed by atoms with Gasteiger partial charge in [0.1, 0.15) is 30.6 Å². The summed E-state index contributed by atoms with van der Waals surface area (Å²) >= 11 is 0. The second-order valence-corrected chi connectivity index (χ2v) is 10.4. The number of rotatable bonds is 9. The van der Waals surface area contributed by atoms with E-state index in [0.717, 1.165) is 12.0 Å². The Morgan fingerprint density at radius 3 is 2.50 bits per heavy atom. The molecule has 0 spiro atoms. The Balaban J connectivity index is 1.63. The second kappa shape index (κ2) is 13.2. The zero-order valence-electron chi connectivity index (χ0n) is 21.7. The predicted octanol–water partition coefficient (Wildman–Crippen LogP) is 1.94. The number of hydrogen-bond donors (Lipinski definition) is 3. The molecular weight excluding hydrogens is 497 g/mol. The molecule has 2 heterocycles. The number of halogens is 2. The molecule has 9 nitrogen and oxygen atoms in total. The fourth-order valence-corrected chi connectivity index (χ4v) is 4.84. The number of alkyl carbamates (subject to hydrolysis) is 1. The number of benzene rings is 1. The Hall–Kier alpha value is -3.01. The molecule has 3 rings (SSSR count). The average Bonchev–Trinajstić information content (AvgIpc) is 3.25. The lowest BCUT2D eigenvalue weighted by Crippen LogP contribution is -2.50. The van der Waals surface area contributed by atoms with Crippen LogP contribution in [-0.2, 0) is 16.0 Å². The van der Waals surface area contributed by atoms with Crippen LogP contribution < -0.4 is 5.32 Å². The lowest BCUT2D eigenvalue weighted by Gasteiger charge is -2.36. The minimum absolute atomic E-state index is 0.124. The molecule has 2 saturated heterocycles. The largest absolute Gasteiger partial charge is 0.475 e. The summed E-state index contributed by atoms with van der Waals surface area (Å²) < 4.78 is 32.8. The van der Waals surface area contributed by atoms with E-state index < -0.39 is 49.0 Å². The summed E-state index contributed by atoms with van der Waals surface area (Å²) in [6.45, 7) is 3.37. The topological polar surface area (TPSA) is 126 Å². The molecule has 1 aromatic rings. The molecule has 38 heavy (non-hydrogen) atoms. The second-order valence-electron chi connectivity index (χ2n) is 10.4. The highest BCUT2D eigenvalue weighted by Gasteiger charge is 2.40. The van der Waals surface area contributed by atoms with Crippen LogP contribution in [0.15, 0.2) is 42.0 Å². The number of likely N-dealkylation sites (tertiary alicyclic amines) is 2. The highest BCUT2D eigenvalue weighted by molar-refractivity contribution is 6.43. The molecule has 206 valence electrons. The number of carbonyl (C=O) groups excluding carboxylic acids is 2. The van der Waals surface area contributed by atoms with Crippen molar-refractivity contribution >= 4 is 19.1 Å². The summed E-state index contributed by atoms with van der Waals surface area (Å²) in [5.74, 6) is -1.53. The van der Waals surface area contributed by atoms with E-state index in [1.54, 1.807) is 43.0 Å². The predicted molar refractivity (Wildman–Crippen MR) is 137 cm³/mol. The Labute approximate surface area is 222 Å². The first-order chi connectivity index (χ1) is 18.0. The molecule has 0 unspecified atom stereocenters. The van der Waals surface area contributed by atoms with Crippen molar-refractivity contribution in [2.24, 2.45) is 0 Å². The minimum atomic E-state index is -1.81. The van der Waals surface area contributed by atoms with Crippen LogP contribution >= 0.6 is 0 Å². The molecule has 2 aliphatic rings. The van der Waals surface area contributed by atoms with Crippen LogP contribution in [0.4, 0.5) is 13.6 Å². The smallest absolute Gasteiger partial charge is 0.447 e. The zero-order valence-corrected chi connectivity index (χ0v) is 21.7. The summed E-state index contributed by atoms with van der Waals surface area (Å²) in [7, 11) is -1.81. The molecule has 0 aliphatic carbocycles. The fraction of sp³-hybridized carbons (Fsp3) is 0.577. The third-order valence-electron chi connectivity index (χ3n) is 7.10. The number of alkyl halides is 2. The van der Waals surface area contributed by atoms with Gasteiger partial charge in [-0.2, -0.15) is 5.26 Å². The van der Waals surface area contributed by atoms with Crippen molar-refractivity contribution in [2.45, 2.75) is 69.4 Å². The first-order valence-corrected chi connectivity index (χ1v) is 12.8. The number of ether oxygens (including phenoxy) is 1. The highest BCUT2D eigenvalue weighted by atomic mass is 19.2. The molecule has 1 aromatic carbocycles. The van der Waals surface area contributed by atoms with E-state index in [4.69, 9.17) is 4.74 Å². The fourth-order valence-electron chi connectivity index (χ4n) is 4.84. The van der Waals surface area contributed by atoms with E-state index in [1.165, 1.54) is 11.0 Å². The number of nitriles is 1. The van der Waals surface area contributed by atoms with Crippen LogP contribution in [0.2, 0.25) is 0 Å². The van der Waals surface area contributed by atoms with Gasteiger partial charge in [0, 0.05) is 25.2 Å². The summed E-state index contributed by atoms with van der Waals surface area (Å²) in [4.78, 5) is 28.8. The molecular formula is C26H35BF2N4O5. The molecule has 2 aliphatic heterocycles. The molecule has 0 radical (unpaired) electrons. The number of nitrogens with one attached hydrogen (secondary N) is 1. The van der Waals surface area contributed by atoms with Gasteiger partial charge in [-0.1, -0.05) is 30.3 Å². The minimum Gasteiger partial charge on any atom is -0.447 e. The zero-order chi connectivity index (χ0) is 27.9. The maximum atomic E-state index is 13.7. The average molecular weight is 532 g/mol. The molecule has 12 heteroatoms. The Bertz CT molecular complexity index is 1030. The van der Waals surface area contributed by atoms with Crippen molar-refractivity contribution in [1.29, 1.82) is 5.26 Å². The quantitative estimate of drug-likeness (QED) is 0.252. The van der Waals surface area contributed by atoms with Crippen LogP contribution in [0, 0.1) is 11.3 Å². The van der Waals surface area contributed by atoms with E-state index in [0.29, 0.717) is 19.4 Å². The normalized spacial score (nSPS) is 23.4. The molecule has 4 atom stereocenters. The van der Waals surface area contributed by atoms with Gasteiger partial charge in [0.15, 0.2) is 0 Å². The number of hydrogen-bond acceptors (Lipinski definition) is 7. The van der Waals surface area contributed by atoms with Crippen LogP contribution in [0.1, 0.15) is 38.7 Å². The van der Waals surface area contributed by atoms with Gasteiger partial charge in [-0.15, -0.1) is 0 Å². The first-order valence-electron chi connectivity index (χ1n) is 12.8. The van der Waals surface area contributed by atoms with Gasteiger partial charge in [-0.05, 0) is 51.2 Å². The molecule has 3 N–H and O–H groups in total. The summed E-state index contributed by atoms with van der Waals surface area (Å²) in [6, 6.07) is 10.5. The highest BCUT2D eigenvalue weighted by Crippen LogP contribution is 2.28. The lowest BCUT2D eigenvalue weighted by molar-refractivity contribution is -0.131. The lowest BCUT2D eigenvalue weighted by atomic mass is 9.76. The van der Waals surface area contributed by atoms with Gasteiger partial charge in [0.2, 0.25) is 0 Å². The monoisotopic (exact) mass is 532 g/mol. The molecule has 0 aromatic heterocycles. The molecule has 0 saturated carbocycles. The van der Waals surface area contributed by atoms with Crippen molar-refractivity contribution in [3.63, 3.8) is 0 Å². The molecule has 2 fully saturated rings. The van der Waals surface area contributed by atoms with Crippen LogP contribution in [0.5, 0.6) is 0 Å². The van der Waals surface area contributed by atoms with Crippen LogP contribution in [-0.4, -0.2) is 95.1 Å². The summed E-state index contributed by atoms with van der Waals surface area (Å²) in [6.07, 6.45) is -0.401. The third-order valence-corrected chi connectivity index (χ3v) is 7.10. The summed E-state index contributed by atoms with van der Waals surface area (Å²) in [5, 5.41) is 31.6. The van der Waals surface area contributed by atoms with Gasteiger partial charge >= 0.3 is 13.2 Å². The number of piperidine rings is 1. The van der Waals surface area contributed by atoms with Crippen molar-refractivity contribution in [3.8, 4) is 6.07 Å². The standard InChI is InChI=1S/C26H35BF2N4O5/c1-26(2,32-15-21(28)22(29)16-32)13-19(14-30)24(34)33-11-7-6-10-20(33)17-38-25(35)31-23(27(36)37)12-18-8-4-3-5-9-18/h3-5,8-9,13,20-23,36-37H,6-7,10-12,15-17H2,1-2H3,(H,31,35)/b19-13+/t20-,21-,22+,23+/m1/s1. The first kappa shape index (κ1) is 29.5. The van der Waals surface area contributed by atoms with E-state index >= 15 is 0 Å². The Morgan fingerprint density at radius 2 is 1.89 bits per heavy atom. The summed E-state index contributed by atoms with van der Waals surface area (Å²) in [5.41, 5.74) is -0.269. The van der Waals surface area contributed by atoms with Gasteiger partial charge in [-0.3, -0.25) is 9.69 Å². The van der Waals surface area contributed by atoms with Crippen molar-refractivity contribution in [3.05, 3.63) is 47.5 Å². The maximum absolute atomic E-state index is 13.7. The van der Waals surface area contributed by atoms with Gasteiger partial charge in [0.05, 0.1) is 12.0 Å². The van der Waals surface area contributed by atoms with Crippen LogP contribution in [0.25, 0.3) is 0 Å². The van der Waals surface area contributed by atoms with E-state index in [1.807, 2.05) is 12.1 Å². The van der Waals surface area contributed by atoms with Crippen molar-refractivity contribution in [1.82, 2.24) is 15.1 Å². The van der Waals surface area contributed by atoms with Crippen molar-refractivity contribution in [2.75, 3.05) is 26.2 Å². The SMILES string of the molecule is CC(C)(/C=C(\C#N)C(=O)N1CCCC[C@@H]1COC(=O)N[C@@H](Cc1ccccc1)B(O)O)N1C[C@@H](F)[C@@H](F)C1. The number of nitrogens with zero attached hydrogens (tertiary/aromatic N) is 3. The Morgan fingerprint density at radius 1 is 1.24 bits per heavy atom. The number of amides is 2. The van der Waals surface area contributed by atoms with Gasteiger partial charge in [-0.25, -0.2) is 13.6 Å². The van der Waals surface area contributed by atoms with Gasteiger partial charge in [0.25, 0.3) is 5.91 Å².